The van der Waals surface area contributed by atoms with Crippen LogP contribution in [0.25, 0.3) is 10.8 Å². The highest BCUT2D eigenvalue weighted by Gasteiger charge is 2.16. The number of esters is 1. The first-order valence-electron chi connectivity index (χ1n) is 10.3. The van der Waals surface area contributed by atoms with Gasteiger partial charge in [0.1, 0.15) is 5.75 Å². The van der Waals surface area contributed by atoms with E-state index >= 15 is 0 Å². The predicted molar refractivity (Wildman–Crippen MR) is 136 cm³/mol. The molecule has 0 saturated carbocycles. The lowest BCUT2D eigenvalue weighted by molar-refractivity contribution is -0.136. The van der Waals surface area contributed by atoms with Crippen molar-refractivity contribution in [3.05, 3.63) is 106 Å². The maximum atomic E-state index is 12.7. The molecule has 4 aromatic rings. The summed E-state index contributed by atoms with van der Waals surface area (Å²) >= 11 is 11.9. The van der Waals surface area contributed by atoms with Crippen LogP contribution in [0, 0.1) is 0 Å². The number of carbonyl (C=O) groups is 3. The molecule has 0 atom stereocenters. The van der Waals surface area contributed by atoms with E-state index < -0.39 is 17.8 Å². The summed E-state index contributed by atoms with van der Waals surface area (Å²) in [4.78, 5) is 37.0. The van der Waals surface area contributed by atoms with Crippen molar-refractivity contribution < 1.29 is 19.1 Å². The lowest BCUT2D eigenvalue weighted by Gasteiger charge is -2.11. The van der Waals surface area contributed by atoms with E-state index in [-0.39, 0.29) is 16.3 Å². The average molecular weight is 506 g/mol. The van der Waals surface area contributed by atoms with Crippen LogP contribution in [0.15, 0.2) is 90.0 Å². The number of hydrazone groups is 1. The molecule has 0 unspecified atom stereocenters. The van der Waals surface area contributed by atoms with Gasteiger partial charge in [0.05, 0.1) is 16.8 Å². The normalized spacial score (nSPS) is 10.8. The van der Waals surface area contributed by atoms with Gasteiger partial charge in [0.25, 0.3) is 0 Å². The van der Waals surface area contributed by atoms with Crippen molar-refractivity contribution in [2.75, 3.05) is 5.32 Å². The van der Waals surface area contributed by atoms with Crippen LogP contribution in [0.3, 0.4) is 0 Å². The topological polar surface area (TPSA) is 96.9 Å². The molecule has 0 aliphatic rings. The number of fused-ring (bicyclic) bond motifs is 1. The molecule has 35 heavy (non-hydrogen) atoms. The number of amides is 2. The SMILES string of the molecule is O=C(N/N=C/c1c(OC(=O)c2ccccc2Cl)ccc2ccccc12)C(=O)Nc1ccc(Cl)cc1. The Morgan fingerprint density at radius 1 is 0.800 bits per heavy atom. The number of hydrogen-bond donors (Lipinski definition) is 2. The summed E-state index contributed by atoms with van der Waals surface area (Å²) < 4.78 is 5.60. The molecule has 0 aromatic heterocycles. The molecule has 0 fully saturated rings. The van der Waals surface area contributed by atoms with Gasteiger partial charge < -0.3 is 10.1 Å². The molecule has 0 heterocycles. The zero-order chi connectivity index (χ0) is 24.8. The van der Waals surface area contributed by atoms with E-state index in [0.717, 1.165) is 10.8 Å². The lowest BCUT2D eigenvalue weighted by Crippen LogP contribution is -2.32. The number of hydrogen-bond acceptors (Lipinski definition) is 5. The summed E-state index contributed by atoms with van der Waals surface area (Å²) in [6.07, 6.45) is 1.31. The van der Waals surface area contributed by atoms with Gasteiger partial charge in [-0.1, -0.05) is 65.7 Å². The van der Waals surface area contributed by atoms with Crippen molar-refractivity contribution in [3.8, 4) is 5.75 Å². The molecule has 0 aliphatic heterocycles. The number of anilines is 1. The van der Waals surface area contributed by atoms with Crippen LogP contribution in [0.2, 0.25) is 10.0 Å². The second-order valence-electron chi connectivity index (χ2n) is 7.23. The molecule has 2 N–H and O–H groups in total. The Morgan fingerprint density at radius 2 is 1.51 bits per heavy atom. The maximum Gasteiger partial charge on any atom is 0.345 e. The standard InChI is InChI=1S/C26H17Cl2N3O4/c27-17-10-12-18(13-11-17)30-24(32)25(33)31-29-15-21-19-6-2-1-5-16(19)9-14-23(21)35-26(34)20-7-3-4-8-22(20)28/h1-15H,(H,30,32)(H,31,33)/b29-15+. The van der Waals surface area contributed by atoms with Crippen molar-refractivity contribution in [1.29, 1.82) is 0 Å². The smallest absolute Gasteiger partial charge is 0.345 e. The van der Waals surface area contributed by atoms with Crippen molar-refractivity contribution in [3.63, 3.8) is 0 Å². The number of halogens is 2. The van der Waals surface area contributed by atoms with E-state index in [1.807, 2.05) is 24.3 Å². The maximum absolute atomic E-state index is 12.7. The van der Waals surface area contributed by atoms with Gasteiger partial charge in [-0.3, -0.25) is 9.59 Å². The monoisotopic (exact) mass is 505 g/mol. The van der Waals surface area contributed by atoms with Gasteiger partial charge in [0, 0.05) is 16.3 Å². The zero-order valence-electron chi connectivity index (χ0n) is 18.0. The summed E-state index contributed by atoms with van der Waals surface area (Å²) in [6, 6.07) is 23.6. The average Bonchev–Trinajstić information content (AvgIpc) is 2.86. The molecule has 0 aliphatic carbocycles. The molecule has 7 nitrogen and oxygen atoms in total. The van der Waals surface area contributed by atoms with Gasteiger partial charge in [-0.15, -0.1) is 0 Å². The van der Waals surface area contributed by atoms with E-state index in [0.29, 0.717) is 16.3 Å². The number of nitrogens with one attached hydrogen (secondary N) is 2. The van der Waals surface area contributed by atoms with E-state index in [4.69, 9.17) is 27.9 Å². The van der Waals surface area contributed by atoms with Crippen LogP contribution < -0.4 is 15.5 Å². The summed E-state index contributed by atoms with van der Waals surface area (Å²) in [5.41, 5.74) is 3.22. The molecule has 174 valence electrons. The van der Waals surface area contributed by atoms with Gasteiger partial charge in [0.15, 0.2) is 0 Å². The highest BCUT2D eigenvalue weighted by Crippen LogP contribution is 2.28. The first kappa shape index (κ1) is 23.9. The summed E-state index contributed by atoms with van der Waals surface area (Å²) in [7, 11) is 0. The van der Waals surface area contributed by atoms with Crippen molar-refractivity contribution in [2.45, 2.75) is 0 Å². The van der Waals surface area contributed by atoms with Gasteiger partial charge in [-0.05, 0) is 53.2 Å². The minimum Gasteiger partial charge on any atom is -0.422 e. The quantitative estimate of drug-likeness (QED) is 0.124. The third-order valence-electron chi connectivity index (χ3n) is 4.90. The Hall–Kier alpha value is -4.20. The van der Waals surface area contributed by atoms with Crippen LogP contribution in [0.1, 0.15) is 15.9 Å². The molecule has 4 aromatic carbocycles. The van der Waals surface area contributed by atoms with E-state index in [1.54, 1.807) is 60.7 Å². The Bertz CT molecular complexity index is 1450. The first-order valence-corrected chi connectivity index (χ1v) is 11.1. The predicted octanol–water partition coefficient (Wildman–Crippen LogP) is 5.45. The fraction of sp³-hybridized carbons (Fsp3) is 0. The van der Waals surface area contributed by atoms with Crippen molar-refractivity contribution in [1.82, 2.24) is 5.43 Å². The molecule has 0 saturated heterocycles. The summed E-state index contributed by atoms with van der Waals surface area (Å²) in [5, 5.41) is 8.68. The van der Waals surface area contributed by atoms with Gasteiger partial charge in [0.2, 0.25) is 0 Å². The third-order valence-corrected chi connectivity index (χ3v) is 5.48. The van der Waals surface area contributed by atoms with Gasteiger partial charge >= 0.3 is 17.8 Å². The van der Waals surface area contributed by atoms with E-state index in [1.165, 1.54) is 6.21 Å². The lowest BCUT2D eigenvalue weighted by atomic mass is 10.0. The molecular formula is C26H17Cl2N3O4. The Balaban J connectivity index is 1.54. The largest absolute Gasteiger partial charge is 0.422 e. The molecule has 0 bridgehead atoms. The highest BCUT2D eigenvalue weighted by atomic mass is 35.5. The van der Waals surface area contributed by atoms with Gasteiger partial charge in [-0.2, -0.15) is 5.10 Å². The van der Waals surface area contributed by atoms with Crippen LogP contribution in [0.5, 0.6) is 5.75 Å². The second-order valence-corrected chi connectivity index (χ2v) is 8.07. The second kappa shape index (κ2) is 10.8. The number of ether oxygens (including phenoxy) is 1. The summed E-state index contributed by atoms with van der Waals surface area (Å²) in [6.45, 7) is 0. The van der Waals surface area contributed by atoms with Gasteiger partial charge in [-0.25, -0.2) is 10.2 Å². The molecule has 9 heteroatoms. The summed E-state index contributed by atoms with van der Waals surface area (Å²) in [5.74, 6) is -2.33. The first-order chi connectivity index (χ1) is 16.9. The minimum atomic E-state index is -0.981. The Labute approximate surface area is 210 Å². The number of carbonyl (C=O) groups excluding carboxylic acids is 3. The Kier molecular flexibility index (Phi) is 7.40. The molecule has 0 spiro atoms. The molecule has 0 radical (unpaired) electrons. The minimum absolute atomic E-state index is 0.206. The van der Waals surface area contributed by atoms with Crippen LogP contribution in [-0.4, -0.2) is 24.0 Å². The van der Waals surface area contributed by atoms with E-state index in [2.05, 4.69) is 15.8 Å². The third kappa shape index (κ3) is 5.84. The number of nitrogens with zero attached hydrogens (tertiary/aromatic N) is 1. The fourth-order valence-corrected chi connectivity index (χ4v) is 3.55. The van der Waals surface area contributed by atoms with Crippen molar-refractivity contribution in [2.24, 2.45) is 5.10 Å². The van der Waals surface area contributed by atoms with Crippen LogP contribution in [-0.2, 0) is 9.59 Å². The molecule has 2 amide bonds. The van der Waals surface area contributed by atoms with E-state index in [9.17, 15) is 14.4 Å². The fourth-order valence-electron chi connectivity index (χ4n) is 3.21. The highest BCUT2D eigenvalue weighted by molar-refractivity contribution is 6.39. The molecular weight excluding hydrogens is 489 g/mol. The molecule has 4 rings (SSSR count). The number of benzene rings is 4. The van der Waals surface area contributed by atoms with Crippen molar-refractivity contribution >= 4 is 63.7 Å². The van der Waals surface area contributed by atoms with Crippen LogP contribution in [0.4, 0.5) is 5.69 Å². The Morgan fingerprint density at radius 3 is 2.29 bits per heavy atom. The zero-order valence-corrected chi connectivity index (χ0v) is 19.5. The van der Waals surface area contributed by atoms with Crippen LogP contribution >= 0.6 is 23.2 Å². The number of rotatable bonds is 5.